The van der Waals surface area contributed by atoms with E-state index < -0.39 is 4.92 Å². The Labute approximate surface area is 114 Å². The zero-order chi connectivity index (χ0) is 13.9. The molecule has 2 aromatic heterocycles. The highest BCUT2D eigenvalue weighted by Gasteiger charge is 2.05. The molecular formula is C14H10N4O2. The number of nitrogens with one attached hydrogen (secondary N) is 1. The highest BCUT2D eigenvalue weighted by molar-refractivity contribution is 5.82. The molecule has 3 aromatic rings. The number of benzene rings is 1. The summed E-state index contributed by atoms with van der Waals surface area (Å²) in [6.07, 6.45) is 2.97. The van der Waals surface area contributed by atoms with Crippen molar-refractivity contribution in [3.63, 3.8) is 0 Å². The number of anilines is 2. The Morgan fingerprint density at radius 2 is 2.00 bits per heavy atom. The molecule has 6 nitrogen and oxygen atoms in total. The Kier molecular flexibility index (Phi) is 2.96. The fourth-order valence-electron chi connectivity index (χ4n) is 1.87. The van der Waals surface area contributed by atoms with E-state index in [2.05, 4.69) is 15.3 Å². The van der Waals surface area contributed by atoms with Crippen LogP contribution in [0.5, 0.6) is 0 Å². The zero-order valence-electron chi connectivity index (χ0n) is 10.4. The molecule has 0 radical (unpaired) electrons. The Morgan fingerprint density at radius 3 is 2.75 bits per heavy atom. The minimum absolute atomic E-state index is 0.0294. The number of nitrogens with zero attached hydrogens (tertiary/aromatic N) is 3. The molecule has 0 unspecified atom stereocenters. The van der Waals surface area contributed by atoms with E-state index in [1.165, 1.54) is 12.3 Å². The summed E-state index contributed by atoms with van der Waals surface area (Å²) < 4.78 is 0. The van der Waals surface area contributed by atoms with Crippen molar-refractivity contribution in [1.29, 1.82) is 0 Å². The van der Waals surface area contributed by atoms with Crippen LogP contribution < -0.4 is 5.32 Å². The second kappa shape index (κ2) is 4.93. The van der Waals surface area contributed by atoms with Crippen molar-refractivity contribution in [1.82, 2.24) is 9.97 Å². The first kappa shape index (κ1) is 12.0. The molecule has 20 heavy (non-hydrogen) atoms. The predicted molar refractivity (Wildman–Crippen MR) is 75.9 cm³/mol. The normalized spacial score (nSPS) is 10.4. The molecule has 1 aromatic carbocycles. The molecule has 0 aliphatic carbocycles. The number of fused-ring (bicyclic) bond motifs is 1. The third-order valence-electron chi connectivity index (χ3n) is 2.83. The van der Waals surface area contributed by atoms with Crippen LogP contribution in [0.1, 0.15) is 0 Å². The van der Waals surface area contributed by atoms with E-state index in [0.717, 1.165) is 16.6 Å². The molecule has 0 bridgehead atoms. The van der Waals surface area contributed by atoms with Gasteiger partial charge < -0.3 is 5.32 Å². The summed E-state index contributed by atoms with van der Waals surface area (Å²) >= 11 is 0. The van der Waals surface area contributed by atoms with Crippen LogP contribution in [0.25, 0.3) is 10.9 Å². The SMILES string of the molecule is O=[N+]([O-])c1ccc(Nc2ccc3ncccc3c2)nc1. The molecule has 0 atom stereocenters. The van der Waals surface area contributed by atoms with Crippen LogP contribution in [0, 0.1) is 10.1 Å². The summed E-state index contributed by atoms with van der Waals surface area (Å²) in [7, 11) is 0. The number of nitro groups is 1. The molecule has 6 heteroatoms. The molecule has 2 heterocycles. The lowest BCUT2D eigenvalue weighted by Gasteiger charge is -2.06. The van der Waals surface area contributed by atoms with Crippen molar-refractivity contribution in [3.05, 3.63) is 65.0 Å². The van der Waals surface area contributed by atoms with Gasteiger partial charge in [0.1, 0.15) is 12.0 Å². The van der Waals surface area contributed by atoms with Gasteiger partial charge in [-0.1, -0.05) is 6.07 Å². The maximum absolute atomic E-state index is 10.6. The van der Waals surface area contributed by atoms with Crippen LogP contribution in [0.3, 0.4) is 0 Å². The lowest BCUT2D eigenvalue weighted by Crippen LogP contribution is -1.95. The number of aromatic nitrogens is 2. The van der Waals surface area contributed by atoms with Crippen LogP contribution in [0.15, 0.2) is 54.9 Å². The van der Waals surface area contributed by atoms with Crippen LogP contribution in [-0.4, -0.2) is 14.9 Å². The van der Waals surface area contributed by atoms with Crippen molar-refractivity contribution >= 4 is 28.1 Å². The van der Waals surface area contributed by atoms with E-state index in [4.69, 9.17) is 0 Å². The maximum atomic E-state index is 10.6. The Balaban J connectivity index is 1.87. The monoisotopic (exact) mass is 266 g/mol. The lowest BCUT2D eigenvalue weighted by atomic mass is 10.2. The molecule has 1 N–H and O–H groups in total. The number of hydrogen-bond donors (Lipinski definition) is 1. The summed E-state index contributed by atoms with van der Waals surface area (Å²) in [5.41, 5.74) is 1.74. The highest BCUT2D eigenvalue weighted by atomic mass is 16.6. The van der Waals surface area contributed by atoms with Gasteiger partial charge in [-0.25, -0.2) is 4.98 Å². The van der Waals surface area contributed by atoms with E-state index in [-0.39, 0.29) is 5.69 Å². The van der Waals surface area contributed by atoms with Gasteiger partial charge in [0.05, 0.1) is 10.4 Å². The fraction of sp³-hybridized carbons (Fsp3) is 0. The molecule has 0 amide bonds. The van der Waals surface area contributed by atoms with Gasteiger partial charge in [0.15, 0.2) is 0 Å². The quantitative estimate of drug-likeness (QED) is 0.581. The topological polar surface area (TPSA) is 81.0 Å². The Bertz CT molecular complexity index is 771. The van der Waals surface area contributed by atoms with Gasteiger partial charge in [-0.3, -0.25) is 15.1 Å². The molecule has 0 aliphatic heterocycles. The largest absolute Gasteiger partial charge is 0.340 e. The van der Waals surface area contributed by atoms with E-state index in [9.17, 15) is 10.1 Å². The second-order valence-electron chi connectivity index (χ2n) is 4.19. The third kappa shape index (κ3) is 2.39. The van der Waals surface area contributed by atoms with Gasteiger partial charge in [-0.15, -0.1) is 0 Å². The zero-order valence-corrected chi connectivity index (χ0v) is 10.4. The Hall–Kier alpha value is -3.02. The van der Waals surface area contributed by atoms with E-state index in [1.54, 1.807) is 12.3 Å². The molecular weight excluding hydrogens is 256 g/mol. The third-order valence-corrected chi connectivity index (χ3v) is 2.83. The fourth-order valence-corrected chi connectivity index (χ4v) is 1.87. The predicted octanol–water partition coefficient (Wildman–Crippen LogP) is 3.28. The average Bonchev–Trinajstić information content (AvgIpc) is 2.48. The lowest BCUT2D eigenvalue weighted by molar-refractivity contribution is -0.385. The first-order valence-corrected chi connectivity index (χ1v) is 5.95. The van der Waals surface area contributed by atoms with Gasteiger partial charge in [0, 0.05) is 23.3 Å². The summed E-state index contributed by atoms with van der Waals surface area (Å²) in [6.45, 7) is 0. The number of pyridine rings is 2. The number of rotatable bonds is 3. The summed E-state index contributed by atoms with van der Waals surface area (Å²) in [4.78, 5) is 18.3. The minimum atomic E-state index is -0.474. The van der Waals surface area contributed by atoms with Gasteiger partial charge in [-0.2, -0.15) is 0 Å². The summed E-state index contributed by atoms with van der Waals surface area (Å²) in [5, 5.41) is 14.7. The van der Waals surface area contributed by atoms with Crippen molar-refractivity contribution in [2.75, 3.05) is 5.32 Å². The van der Waals surface area contributed by atoms with Gasteiger partial charge in [0.25, 0.3) is 5.69 Å². The first-order chi connectivity index (χ1) is 9.72. The van der Waals surface area contributed by atoms with Crippen LogP contribution in [-0.2, 0) is 0 Å². The van der Waals surface area contributed by atoms with Crippen molar-refractivity contribution in [3.8, 4) is 0 Å². The van der Waals surface area contributed by atoms with Crippen LogP contribution in [0.4, 0.5) is 17.2 Å². The molecule has 98 valence electrons. The van der Waals surface area contributed by atoms with Crippen LogP contribution >= 0.6 is 0 Å². The molecule has 0 aliphatic rings. The molecule has 0 saturated carbocycles. The minimum Gasteiger partial charge on any atom is -0.340 e. The summed E-state index contributed by atoms with van der Waals surface area (Å²) in [6, 6.07) is 12.6. The standard InChI is InChI=1S/C14H10N4O2/c19-18(20)12-4-6-14(16-9-12)17-11-3-5-13-10(8-11)2-1-7-15-13/h1-9H,(H,16,17). The van der Waals surface area contributed by atoms with Crippen molar-refractivity contribution < 1.29 is 4.92 Å². The van der Waals surface area contributed by atoms with Crippen molar-refractivity contribution in [2.24, 2.45) is 0 Å². The second-order valence-corrected chi connectivity index (χ2v) is 4.19. The average molecular weight is 266 g/mol. The molecule has 0 spiro atoms. The van der Waals surface area contributed by atoms with E-state index in [0.29, 0.717) is 5.82 Å². The van der Waals surface area contributed by atoms with Gasteiger partial charge >= 0.3 is 0 Å². The summed E-state index contributed by atoms with van der Waals surface area (Å²) in [5.74, 6) is 0.554. The van der Waals surface area contributed by atoms with Crippen LogP contribution in [0.2, 0.25) is 0 Å². The van der Waals surface area contributed by atoms with E-state index in [1.807, 2.05) is 30.3 Å². The Morgan fingerprint density at radius 1 is 1.10 bits per heavy atom. The molecule has 0 fully saturated rings. The van der Waals surface area contributed by atoms with E-state index >= 15 is 0 Å². The van der Waals surface area contributed by atoms with Crippen molar-refractivity contribution in [2.45, 2.75) is 0 Å². The maximum Gasteiger partial charge on any atom is 0.287 e. The van der Waals surface area contributed by atoms with Gasteiger partial charge in [-0.05, 0) is 30.3 Å². The molecule has 3 rings (SSSR count). The van der Waals surface area contributed by atoms with Gasteiger partial charge in [0.2, 0.25) is 0 Å². The number of hydrogen-bond acceptors (Lipinski definition) is 5. The first-order valence-electron chi connectivity index (χ1n) is 5.95. The molecule has 0 saturated heterocycles. The highest BCUT2D eigenvalue weighted by Crippen LogP contribution is 2.21. The smallest absolute Gasteiger partial charge is 0.287 e.